The molecule has 154 valence electrons. The summed E-state index contributed by atoms with van der Waals surface area (Å²) in [7, 11) is 0. The van der Waals surface area contributed by atoms with Gasteiger partial charge in [0.1, 0.15) is 6.04 Å². The molecule has 2 aromatic heterocycles. The van der Waals surface area contributed by atoms with E-state index in [2.05, 4.69) is 15.3 Å². The van der Waals surface area contributed by atoms with Gasteiger partial charge in [-0.1, -0.05) is 30.3 Å². The van der Waals surface area contributed by atoms with Crippen molar-refractivity contribution in [3.8, 4) is 0 Å². The van der Waals surface area contributed by atoms with E-state index in [1.54, 1.807) is 30.5 Å². The first-order valence-electron chi connectivity index (χ1n) is 9.77. The fraction of sp³-hybridized carbons (Fsp3) is 0.227. The highest BCUT2D eigenvalue weighted by Gasteiger charge is 2.26. The van der Waals surface area contributed by atoms with Crippen LogP contribution in [0.2, 0.25) is 0 Å². The maximum absolute atomic E-state index is 13.1. The number of rotatable bonds is 7. The minimum Gasteiger partial charge on any atom is -0.396 e. The van der Waals surface area contributed by atoms with Crippen molar-refractivity contribution >= 4 is 27.7 Å². The van der Waals surface area contributed by atoms with E-state index in [-0.39, 0.29) is 19.6 Å². The van der Waals surface area contributed by atoms with Crippen LogP contribution in [0.3, 0.4) is 0 Å². The number of benzene rings is 2. The molecule has 4 N–H and O–H groups in total. The SMILES string of the molecule is O=C(NCCCO)[C@H](Cc1c[nH]c2ccccc12)n1c(=O)[nH]c2ccccc2c1=O. The molecule has 4 aromatic rings. The van der Waals surface area contributed by atoms with Crippen molar-refractivity contribution in [1.29, 1.82) is 0 Å². The molecule has 0 unspecified atom stereocenters. The summed E-state index contributed by atoms with van der Waals surface area (Å²) in [5.41, 5.74) is 1.01. The molecular weight excluding hydrogens is 384 g/mol. The molecule has 2 heterocycles. The number of H-pyrrole nitrogens is 2. The standard InChI is InChI=1S/C22H22N4O4/c27-11-5-10-23-20(28)19(12-14-13-24-17-8-3-1-6-15(14)17)26-21(29)16-7-2-4-9-18(16)25-22(26)30/h1-4,6-9,13,19,24,27H,5,10-12H2,(H,23,28)(H,25,30)/t19-/m0/s1. The Hall–Kier alpha value is -3.65. The van der Waals surface area contributed by atoms with E-state index in [1.807, 2.05) is 24.3 Å². The molecule has 0 fully saturated rings. The zero-order valence-corrected chi connectivity index (χ0v) is 16.2. The monoisotopic (exact) mass is 406 g/mol. The van der Waals surface area contributed by atoms with E-state index in [4.69, 9.17) is 5.11 Å². The first kappa shape index (κ1) is 19.7. The van der Waals surface area contributed by atoms with Crippen LogP contribution in [0.1, 0.15) is 18.0 Å². The molecule has 2 aromatic carbocycles. The molecule has 0 saturated heterocycles. The van der Waals surface area contributed by atoms with Crippen LogP contribution in [-0.2, 0) is 11.2 Å². The predicted molar refractivity (Wildman–Crippen MR) is 115 cm³/mol. The van der Waals surface area contributed by atoms with Gasteiger partial charge >= 0.3 is 5.69 Å². The van der Waals surface area contributed by atoms with Gasteiger partial charge in [0.2, 0.25) is 5.91 Å². The van der Waals surface area contributed by atoms with Crippen LogP contribution < -0.4 is 16.6 Å². The zero-order chi connectivity index (χ0) is 21.1. The fourth-order valence-corrected chi connectivity index (χ4v) is 3.68. The van der Waals surface area contributed by atoms with Gasteiger partial charge in [-0.25, -0.2) is 9.36 Å². The van der Waals surface area contributed by atoms with Crippen molar-refractivity contribution in [3.05, 3.63) is 81.1 Å². The summed E-state index contributed by atoms with van der Waals surface area (Å²) >= 11 is 0. The normalized spacial score (nSPS) is 12.3. The van der Waals surface area contributed by atoms with E-state index in [0.29, 0.717) is 17.3 Å². The minimum atomic E-state index is -1.04. The lowest BCUT2D eigenvalue weighted by atomic mass is 10.0. The average Bonchev–Trinajstić information content (AvgIpc) is 3.16. The van der Waals surface area contributed by atoms with Crippen LogP contribution in [0, 0.1) is 0 Å². The molecule has 0 aliphatic heterocycles. The molecule has 4 rings (SSSR count). The van der Waals surface area contributed by atoms with Crippen molar-refractivity contribution in [3.63, 3.8) is 0 Å². The second-order valence-corrected chi connectivity index (χ2v) is 7.10. The molecule has 0 radical (unpaired) electrons. The number of hydrogen-bond donors (Lipinski definition) is 4. The molecule has 8 heteroatoms. The average molecular weight is 406 g/mol. The Bertz CT molecular complexity index is 1320. The van der Waals surface area contributed by atoms with Gasteiger partial charge < -0.3 is 20.4 Å². The Balaban J connectivity index is 1.81. The molecule has 30 heavy (non-hydrogen) atoms. The summed E-state index contributed by atoms with van der Waals surface area (Å²) in [6.45, 7) is 0.184. The number of para-hydroxylation sites is 2. The zero-order valence-electron chi connectivity index (χ0n) is 16.2. The summed E-state index contributed by atoms with van der Waals surface area (Å²) in [4.78, 5) is 44.8. The number of carbonyl (C=O) groups excluding carboxylic acids is 1. The van der Waals surface area contributed by atoms with Crippen LogP contribution in [0.15, 0.2) is 64.3 Å². The Kier molecular flexibility index (Phi) is 5.49. The van der Waals surface area contributed by atoms with E-state index in [0.717, 1.165) is 21.0 Å². The van der Waals surface area contributed by atoms with Crippen LogP contribution >= 0.6 is 0 Å². The van der Waals surface area contributed by atoms with Gasteiger partial charge in [-0.2, -0.15) is 0 Å². The third kappa shape index (κ3) is 3.65. The largest absolute Gasteiger partial charge is 0.396 e. The summed E-state index contributed by atoms with van der Waals surface area (Å²) < 4.78 is 0.985. The highest BCUT2D eigenvalue weighted by molar-refractivity contribution is 5.86. The Morgan fingerprint density at radius 3 is 2.50 bits per heavy atom. The molecule has 0 aliphatic carbocycles. The lowest BCUT2D eigenvalue weighted by Gasteiger charge is -2.19. The second-order valence-electron chi connectivity index (χ2n) is 7.10. The van der Waals surface area contributed by atoms with Gasteiger partial charge in [-0.3, -0.25) is 9.59 Å². The van der Waals surface area contributed by atoms with Gasteiger partial charge in [0.25, 0.3) is 5.56 Å². The van der Waals surface area contributed by atoms with Crippen LogP contribution in [0.25, 0.3) is 21.8 Å². The van der Waals surface area contributed by atoms with Crippen LogP contribution in [0.5, 0.6) is 0 Å². The first-order valence-corrected chi connectivity index (χ1v) is 9.77. The van der Waals surface area contributed by atoms with E-state index in [1.165, 1.54) is 0 Å². The number of aromatic nitrogens is 3. The van der Waals surface area contributed by atoms with Crippen molar-refractivity contribution < 1.29 is 9.90 Å². The molecule has 1 amide bonds. The van der Waals surface area contributed by atoms with Gasteiger partial charge in [0.15, 0.2) is 0 Å². The molecule has 0 aliphatic rings. The number of carbonyl (C=O) groups is 1. The van der Waals surface area contributed by atoms with Gasteiger partial charge in [-0.15, -0.1) is 0 Å². The molecule has 1 atom stereocenters. The Labute approximate surface area is 171 Å². The summed E-state index contributed by atoms with van der Waals surface area (Å²) in [6, 6.07) is 13.3. The first-order chi connectivity index (χ1) is 14.6. The number of nitrogens with zero attached hydrogens (tertiary/aromatic N) is 1. The predicted octanol–water partition coefficient (Wildman–Crippen LogP) is 1.45. The van der Waals surface area contributed by atoms with Crippen molar-refractivity contribution in [2.24, 2.45) is 0 Å². The molecular formula is C22H22N4O4. The third-order valence-corrected chi connectivity index (χ3v) is 5.17. The van der Waals surface area contributed by atoms with Gasteiger partial charge in [0, 0.05) is 36.7 Å². The lowest BCUT2D eigenvalue weighted by molar-refractivity contribution is -0.124. The van der Waals surface area contributed by atoms with E-state index in [9.17, 15) is 14.4 Å². The highest BCUT2D eigenvalue weighted by Crippen LogP contribution is 2.22. The number of aromatic amines is 2. The number of aliphatic hydroxyl groups is 1. The summed E-state index contributed by atoms with van der Waals surface area (Å²) in [5, 5.41) is 13.0. The highest BCUT2D eigenvalue weighted by atomic mass is 16.3. The molecule has 0 spiro atoms. The summed E-state index contributed by atoms with van der Waals surface area (Å²) in [6.07, 6.45) is 2.34. The number of amides is 1. The second kappa shape index (κ2) is 8.38. The topological polar surface area (TPSA) is 120 Å². The third-order valence-electron chi connectivity index (χ3n) is 5.17. The number of nitrogens with one attached hydrogen (secondary N) is 3. The fourth-order valence-electron chi connectivity index (χ4n) is 3.68. The molecule has 0 saturated carbocycles. The number of hydrogen-bond acceptors (Lipinski definition) is 4. The lowest BCUT2D eigenvalue weighted by Crippen LogP contribution is -2.45. The van der Waals surface area contributed by atoms with E-state index < -0.39 is 23.2 Å². The molecule has 0 bridgehead atoms. The quantitative estimate of drug-likeness (QED) is 0.347. The van der Waals surface area contributed by atoms with Crippen molar-refractivity contribution in [2.45, 2.75) is 18.9 Å². The minimum absolute atomic E-state index is 0.0656. The van der Waals surface area contributed by atoms with Gasteiger partial charge in [0.05, 0.1) is 10.9 Å². The number of fused-ring (bicyclic) bond motifs is 2. The maximum Gasteiger partial charge on any atom is 0.329 e. The Morgan fingerprint density at radius 1 is 1.03 bits per heavy atom. The number of aliphatic hydroxyl groups excluding tert-OH is 1. The smallest absolute Gasteiger partial charge is 0.329 e. The Morgan fingerprint density at radius 2 is 1.73 bits per heavy atom. The van der Waals surface area contributed by atoms with Crippen LogP contribution in [0.4, 0.5) is 0 Å². The van der Waals surface area contributed by atoms with E-state index >= 15 is 0 Å². The summed E-state index contributed by atoms with van der Waals surface area (Å²) in [5.74, 6) is -0.448. The molecule has 8 nitrogen and oxygen atoms in total. The van der Waals surface area contributed by atoms with Crippen molar-refractivity contribution in [2.75, 3.05) is 13.2 Å². The van der Waals surface area contributed by atoms with Gasteiger partial charge in [-0.05, 0) is 30.2 Å². The van der Waals surface area contributed by atoms with Crippen LogP contribution in [-0.4, -0.2) is 38.7 Å². The van der Waals surface area contributed by atoms with Crippen molar-refractivity contribution in [1.82, 2.24) is 19.9 Å². The maximum atomic E-state index is 13.1.